The average molecular weight is 445 g/mol. The first-order valence-corrected chi connectivity index (χ1v) is 10.1. The average Bonchev–Trinajstić information content (AvgIpc) is 3.34. The van der Waals surface area contributed by atoms with E-state index in [0.717, 1.165) is 18.4 Å². The second kappa shape index (κ2) is 8.48. The van der Waals surface area contributed by atoms with Crippen LogP contribution < -0.4 is 10.6 Å². The highest BCUT2D eigenvalue weighted by atomic mass is 19.4. The molecule has 0 spiro atoms. The summed E-state index contributed by atoms with van der Waals surface area (Å²) >= 11 is 0. The Hall–Kier alpha value is -3.63. The number of nitrogens with zero attached hydrogens (tertiary/aromatic N) is 5. The number of pyridine rings is 1. The molecule has 1 atom stereocenters. The molecule has 3 aromatic heterocycles. The van der Waals surface area contributed by atoms with Gasteiger partial charge in [0, 0.05) is 54.6 Å². The lowest BCUT2D eigenvalue weighted by molar-refractivity contribution is -0.122. The molecule has 0 bridgehead atoms. The standard InChI is InChI=1S/C21H22F3N7O/c1-3-17-5-14(10-30(17)2)15-7-26-19-18(9-28-31(19)11-15)13-4-16(8-25-6-13)29-20(32)27-12-21(22,23)24/h4,6-11,17H,3,5,12H2,1-2H3,(H2,27,29,32). The number of rotatable bonds is 5. The highest BCUT2D eigenvalue weighted by Crippen LogP contribution is 2.31. The SMILES string of the molecule is CCC1CC(c2cnc3c(-c4cncc(NC(=O)NCC(F)(F)F)c4)cnn3c2)=CN1C. The highest BCUT2D eigenvalue weighted by molar-refractivity contribution is 5.90. The second-order valence-electron chi connectivity index (χ2n) is 7.64. The molecular weight excluding hydrogens is 423 g/mol. The van der Waals surface area contributed by atoms with Crippen LogP contribution in [0.2, 0.25) is 0 Å². The Morgan fingerprint density at radius 1 is 1.22 bits per heavy atom. The zero-order valence-corrected chi connectivity index (χ0v) is 17.5. The van der Waals surface area contributed by atoms with E-state index in [1.807, 2.05) is 6.20 Å². The maximum atomic E-state index is 12.3. The largest absolute Gasteiger partial charge is 0.405 e. The lowest BCUT2D eigenvalue weighted by Crippen LogP contribution is -2.36. The van der Waals surface area contributed by atoms with Crippen molar-refractivity contribution in [3.8, 4) is 11.1 Å². The van der Waals surface area contributed by atoms with Crippen LogP contribution in [0.3, 0.4) is 0 Å². The van der Waals surface area contributed by atoms with Crippen LogP contribution in [-0.4, -0.2) is 56.3 Å². The van der Waals surface area contributed by atoms with E-state index < -0.39 is 18.8 Å². The number of nitrogens with one attached hydrogen (secondary N) is 2. The minimum Gasteiger partial charge on any atom is -0.377 e. The molecule has 3 aromatic rings. The molecule has 168 valence electrons. The molecule has 0 fully saturated rings. The molecule has 0 radical (unpaired) electrons. The first kappa shape index (κ1) is 21.6. The van der Waals surface area contributed by atoms with Crippen molar-refractivity contribution in [3.05, 3.63) is 48.8 Å². The van der Waals surface area contributed by atoms with Crippen LogP contribution >= 0.6 is 0 Å². The van der Waals surface area contributed by atoms with E-state index in [1.54, 1.807) is 34.5 Å². The minimum absolute atomic E-state index is 0.253. The summed E-state index contributed by atoms with van der Waals surface area (Å²) in [6.07, 6.45) is 7.94. The predicted octanol–water partition coefficient (Wildman–Crippen LogP) is 3.93. The zero-order valence-electron chi connectivity index (χ0n) is 17.5. The topological polar surface area (TPSA) is 87.4 Å². The fraction of sp³-hybridized carbons (Fsp3) is 0.333. The molecule has 1 aliphatic rings. The summed E-state index contributed by atoms with van der Waals surface area (Å²) in [6, 6.07) is 1.11. The van der Waals surface area contributed by atoms with Crippen molar-refractivity contribution in [3.63, 3.8) is 0 Å². The number of hydrogen-bond acceptors (Lipinski definition) is 5. The molecule has 1 aliphatic heterocycles. The van der Waals surface area contributed by atoms with Crippen molar-refractivity contribution in [2.75, 3.05) is 18.9 Å². The monoisotopic (exact) mass is 445 g/mol. The third kappa shape index (κ3) is 4.66. The van der Waals surface area contributed by atoms with Gasteiger partial charge in [-0.15, -0.1) is 0 Å². The summed E-state index contributed by atoms with van der Waals surface area (Å²) < 4.78 is 38.5. The van der Waals surface area contributed by atoms with Crippen LogP contribution in [0.4, 0.5) is 23.7 Å². The maximum absolute atomic E-state index is 12.3. The molecular formula is C21H22F3N7O. The highest BCUT2D eigenvalue weighted by Gasteiger charge is 2.27. The van der Waals surface area contributed by atoms with Crippen LogP contribution in [0, 0.1) is 0 Å². The van der Waals surface area contributed by atoms with Gasteiger partial charge >= 0.3 is 12.2 Å². The van der Waals surface area contributed by atoms with E-state index in [0.29, 0.717) is 22.8 Å². The van der Waals surface area contributed by atoms with Crippen LogP contribution in [0.5, 0.6) is 0 Å². The van der Waals surface area contributed by atoms with Gasteiger partial charge in [0.1, 0.15) is 6.54 Å². The molecule has 11 heteroatoms. The van der Waals surface area contributed by atoms with E-state index >= 15 is 0 Å². The molecule has 2 amide bonds. The van der Waals surface area contributed by atoms with E-state index in [-0.39, 0.29) is 5.69 Å². The zero-order chi connectivity index (χ0) is 22.9. The summed E-state index contributed by atoms with van der Waals surface area (Å²) in [5.74, 6) is 0. The summed E-state index contributed by atoms with van der Waals surface area (Å²) in [7, 11) is 2.07. The van der Waals surface area contributed by atoms with E-state index in [1.165, 1.54) is 11.8 Å². The lowest BCUT2D eigenvalue weighted by Gasteiger charge is -2.18. The Bertz CT molecular complexity index is 1170. The van der Waals surface area contributed by atoms with E-state index in [2.05, 4.69) is 45.5 Å². The first-order chi connectivity index (χ1) is 15.2. The maximum Gasteiger partial charge on any atom is 0.405 e. The number of urea groups is 1. The van der Waals surface area contributed by atoms with Crippen molar-refractivity contribution >= 4 is 22.9 Å². The normalized spacial score (nSPS) is 16.3. The Labute approximate surface area is 182 Å². The summed E-state index contributed by atoms with van der Waals surface area (Å²) in [4.78, 5) is 22.6. The smallest absolute Gasteiger partial charge is 0.377 e. The molecule has 2 N–H and O–H groups in total. The minimum atomic E-state index is -4.49. The van der Waals surface area contributed by atoms with Crippen molar-refractivity contribution < 1.29 is 18.0 Å². The summed E-state index contributed by atoms with van der Waals surface area (Å²) in [5, 5.41) is 8.50. The van der Waals surface area contributed by atoms with Gasteiger partial charge in [-0.3, -0.25) is 4.98 Å². The predicted molar refractivity (Wildman–Crippen MR) is 114 cm³/mol. The van der Waals surface area contributed by atoms with Gasteiger partial charge < -0.3 is 15.5 Å². The van der Waals surface area contributed by atoms with Crippen molar-refractivity contribution in [2.45, 2.75) is 32.0 Å². The van der Waals surface area contributed by atoms with Crippen molar-refractivity contribution in [1.29, 1.82) is 0 Å². The van der Waals surface area contributed by atoms with Gasteiger partial charge in [-0.1, -0.05) is 6.92 Å². The first-order valence-electron chi connectivity index (χ1n) is 10.1. The molecule has 0 saturated carbocycles. The second-order valence-corrected chi connectivity index (χ2v) is 7.64. The number of amides is 2. The number of alkyl halides is 3. The number of carbonyl (C=O) groups excluding carboxylic acids is 1. The molecule has 4 heterocycles. The van der Waals surface area contributed by atoms with E-state index in [9.17, 15) is 18.0 Å². The number of halogens is 3. The summed E-state index contributed by atoms with van der Waals surface area (Å²) in [5.41, 5.74) is 4.36. The van der Waals surface area contributed by atoms with Crippen LogP contribution in [0.15, 0.2) is 43.3 Å². The van der Waals surface area contributed by atoms with Gasteiger partial charge in [0.25, 0.3) is 0 Å². The Balaban J connectivity index is 1.54. The quantitative estimate of drug-likeness (QED) is 0.622. The molecule has 0 aromatic carbocycles. The Morgan fingerprint density at radius 3 is 2.75 bits per heavy atom. The number of carbonyl (C=O) groups is 1. The van der Waals surface area contributed by atoms with Crippen LogP contribution in [-0.2, 0) is 0 Å². The Morgan fingerprint density at radius 2 is 2.03 bits per heavy atom. The lowest BCUT2D eigenvalue weighted by atomic mass is 10.0. The Kier molecular flexibility index (Phi) is 5.72. The fourth-order valence-electron chi connectivity index (χ4n) is 3.68. The van der Waals surface area contributed by atoms with Gasteiger partial charge in [0.2, 0.25) is 0 Å². The molecule has 0 saturated heterocycles. The van der Waals surface area contributed by atoms with Gasteiger partial charge in [-0.25, -0.2) is 14.3 Å². The molecule has 0 aliphatic carbocycles. The third-order valence-electron chi connectivity index (χ3n) is 5.35. The fourth-order valence-corrected chi connectivity index (χ4v) is 3.68. The van der Waals surface area contributed by atoms with Gasteiger partial charge in [-0.05, 0) is 24.5 Å². The van der Waals surface area contributed by atoms with E-state index in [4.69, 9.17) is 0 Å². The van der Waals surface area contributed by atoms with Gasteiger partial charge in [-0.2, -0.15) is 18.3 Å². The number of hydrogen-bond donors (Lipinski definition) is 2. The van der Waals surface area contributed by atoms with Crippen molar-refractivity contribution in [2.24, 2.45) is 0 Å². The van der Waals surface area contributed by atoms with Crippen LogP contribution in [0.25, 0.3) is 22.3 Å². The van der Waals surface area contributed by atoms with Crippen LogP contribution in [0.1, 0.15) is 25.3 Å². The number of aromatic nitrogens is 4. The summed E-state index contributed by atoms with van der Waals surface area (Å²) in [6.45, 7) is 0.744. The molecule has 8 nitrogen and oxygen atoms in total. The third-order valence-corrected chi connectivity index (χ3v) is 5.35. The molecule has 4 rings (SSSR count). The number of fused-ring (bicyclic) bond motifs is 1. The van der Waals surface area contributed by atoms with Gasteiger partial charge in [0.15, 0.2) is 5.65 Å². The molecule has 1 unspecified atom stereocenters. The molecule has 32 heavy (non-hydrogen) atoms. The van der Waals surface area contributed by atoms with Gasteiger partial charge in [0.05, 0.1) is 18.1 Å². The van der Waals surface area contributed by atoms with Crippen molar-refractivity contribution in [1.82, 2.24) is 29.8 Å². The number of anilines is 1.